The standard InChI is InChI=1S/C15H21FN2O.ClH/c1-11(17)14(19)18-10-15(8-2-3-9-15)12-4-6-13(16)7-5-12;/h4-7,11H,2-3,8-10,17H2,1H3,(H,18,19);1H/t11-;/m1./s1. The van der Waals surface area contributed by atoms with Crippen LogP contribution in [0.3, 0.4) is 0 Å². The molecule has 0 aromatic heterocycles. The molecule has 1 aliphatic rings. The molecular formula is C15H22ClFN2O. The van der Waals surface area contributed by atoms with Crippen molar-refractivity contribution in [3.63, 3.8) is 0 Å². The van der Waals surface area contributed by atoms with Gasteiger partial charge in [-0.1, -0.05) is 25.0 Å². The fraction of sp³-hybridized carbons (Fsp3) is 0.533. The Labute approximate surface area is 125 Å². The zero-order valence-electron chi connectivity index (χ0n) is 11.7. The minimum atomic E-state index is -0.494. The number of benzene rings is 1. The normalized spacial score (nSPS) is 18.1. The maximum absolute atomic E-state index is 13.0. The van der Waals surface area contributed by atoms with Crippen LogP contribution in [0.2, 0.25) is 0 Å². The van der Waals surface area contributed by atoms with Crippen molar-refractivity contribution in [2.45, 2.75) is 44.1 Å². The highest BCUT2D eigenvalue weighted by atomic mass is 35.5. The van der Waals surface area contributed by atoms with Gasteiger partial charge in [0.15, 0.2) is 0 Å². The van der Waals surface area contributed by atoms with E-state index in [1.165, 1.54) is 12.1 Å². The second-order valence-electron chi connectivity index (χ2n) is 5.50. The number of nitrogens with two attached hydrogens (primary N) is 1. The number of carbonyl (C=O) groups excluding carboxylic acids is 1. The van der Waals surface area contributed by atoms with Crippen LogP contribution in [0.25, 0.3) is 0 Å². The van der Waals surface area contributed by atoms with E-state index in [0.29, 0.717) is 6.54 Å². The Kier molecular flexibility index (Phi) is 5.96. The summed E-state index contributed by atoms with van der Waals surface area (Å²) in [7, 11) is 0. The fourth-order valence-electron chi connectivity index (χ4n) is 2.84. The monoisotopic (exact) mass is 300 g/mol. The average Bonchev–Trinajstić information content (AvgIpc) is 2.86. The highest BCUT2D eigenvalue weighted by molar-refractivity contribution is 5.85. The second-order valence-corrected chi connectivity index (χ2v) is 5.50. The third-order valence-corrected chi connectivity index (χ3v) is 4.03. The number of hydrogen-bond donors (Lipinski definition) is 2. The molecule has 0 heterocycles. The molecule has 1 aromatic rings. The molecule has 112 valence electrons. The van der Waals surface area contributed by atoms with Gasteiger partial charge in [-0.3, -0.25) is 4.79 Å². The van der Waals surface area contributed by atoms with Crippen LogP contribution in [0.1, 0.15) is 38.2 Å². The predicted octanol–water partition coefficient (Wildman–Crippen LogP) is 2.52. The lowest BCUT2D eigenvalue weighted by atomic mass is 9.78. The lowest BCUT2D eigenvalue weighted by Crippen LogP contribution is -2.45. The molecule has 0 unspecified atom stereocenters. The molecule has 1 atom stereocenters. The third-order valence-electron chi connectivity index (χ3n) is 4.03. The Hall–Kier alpha value is -1.13. The van der Waals surface area contributed by atoms with Gasteiger partial charge in [0.2, 0.25) is 5.91 Å². The molecule has 2 rings (SSSR count). The van der Waals surface area contributed by atoms with Crippen molar-refractivity contribution in [2.75, 3.05) is 6.54 Å². The van der Waals surface area contributed by atoms with Crippen LogP contribution in [-0.4, -0.2) is 18.5 Å². The smallest absolute Gasteiger partial charge is 0.236 e. The van der Waals surface area contributed by atoms with E-state index in [1.807, 2.05) is 12.1 Å². The van der Waals surface area contributed by atoms with E-state index < -0.39 is 6.04 Å². The molecule has 1 fully saturated rings. The lowest BCUT2D eigenvalue weighted by Gasteiger charge is -2.30. The summed E-state index contributed by atoms with van der Waals surface area (Å²) in [5.41, 5.74) is 6.61. The zero-order valence-corrected chi connectivity index (χ0v) is 12.5. The molecule has 5 heteroatoms. The molecule has 0 saturated heterocycles. The van der Waals surface area contributed by atoms with Crippen LogP contribution in [-0.2, 0) is 10.2 Å². The summed E-state index contributed by atoms with van der Waals surface area (Å²) in [5.74, 6) is -0.357. The second kappa shape index (κ2) is 7.04. The van der Waals surface area contributed by atoms with Crippen LogP contribution in [0.5, 0.6) is 0 Å². The highest BCUT2D eigenvalue weighted by Crippen LogP contribution is 2.40. The maximum atomic E-state index is 13.0. The molecule has 3 nitrogen and oxygen atoms in total. The fourth-order valence-corrected chi connectivity index (χ4v) is 2.84. The lowest BCUT2D eigenvalue weighted by molar-refractivity contribution is -0.122. The van der Waals surface area contributed by atoms with Crippen LogP contribution in [0.15, 0.2) is 24.3 Å². The molecule has 0 bridgehead atoms. The summed E-state index contributed by atoms with van der Waals surface area (Å²) in [6.45, 7) is 2.26. The predicted molar refractivity (Wildman–Crippen MR) is 80.5 cm³/mol. The number of rotatable bonds is 4. The topological polar surface area (TPSA) is 55.1 Å². The number of nitrogens with one attached hydrogen (secondary N) is 1. The third kappa shape index (κ3) is 3.70. The van der Waals surface area contributed by atoms with Crippen molar-refractivity contribution >= 4 is 18.3 Å². The molecule has 1 aliphatic carbocycles. The van der Waals surface area contributed by atoms with Crippen LogP contribution in [0, 0.1) is 5.82 Å². The minimum Gasteiger partial charge on any atom is -0.354 e. The van der Waals surface area contributed by atoms with Gasteiger partial charge >= 0.3 is 0 Å². The summed E-state index contributed by atoms with van der Waals surface area (Å²) in [5, 5.41) is 2.92. The Bertz CT molecular complexity index is 442. The minimum absolute atomic E-state index is 0. The van der Waals surface area contributed by atoms with Gasteiger partial charge < -0.3 is 11.1 Å². The first kappa shape index (κ1) is 16.9. The molecular weight excluding hydrogens is 279 g/mol. The molecule has 1 aromatic carbocycles. The number of amides is 1. The van der Waals surface area contributed by atoms with Crippen LogP contribution < -0.4 is 11.1 Å². The van der Waals surface area contributed by atoms with Crippen molar-refractivity contribution in [1.82, 2.24) is 5.32 Å². The highest BCUT2D eigenvalue weighted by Gasteiger charge is 2.36. The van der Waals surface area contributed by atoms with Gasteiger partial charge in [-0.25, -0.2) is 4.39 Å². The van der Waals surface area contributed by atoms with E-state index in [9.17, 15) is 9.18 Å². The average molecular weight is 301 g/mol. The van der Waals surface area contributed by atoms with Crippen LogP contribution in [0.4, 0.5) is 4.39 Å². The molecule has 1 saturated carbocycles. The van der Waals surface area contributed by atoms with E-state index in [0.717, 1.165) is 31.2 Å². The molecule has 0 aliphatic heterocycles. The van der Waals surface area contributed by atoms with Crippen molar-refractivity contribution in [1.29, 1.82) is 0 Å². The van der Waals surface area contributed by atoms with Crippen molar-refractivity contribution < 1.29 is 9.18 Å². The quantitative estimate of drug-likeness (QED) is 0.898. The van der Waals surface area contributed by atoms with Gasteiger partial charge in [0.25, 0.3) is 0 Å². The van der Waals surface area contributed by atoms with Gasteiger partial charge in [-0.15, -0.1) is 12.4 Å². The summed E-state index contributed by atoms with van der Waals surface area (Å²) in [6.07, 6.45) is 4.34. The first-order chi connectivity index (χ1) is 9.03. The summed E-state index contributed by atoms with van der Waals surface area (Å²) in [4.78, 5) is 11.6. The van der Waals surface area contributed by atoms with E-state index in [-0.39, 0.29) is 29.5 Å². The Morgan fingerprint density at radius 3 is 2.40 bits per heavy atom. The molecule has 20 heavy (non-hydrogen) atoms. The molecule has 3 N–H and O–H groups in total. The van der Waals surface area contributed by atoms with E-state index in [4.69, 9.17) is 5.73 Å². The summed E-state index contributed by atoms with van der Waals surface area (Å²) < 4.78 is 13.0. The van der Waals surface area contributed by atoms with Gasteiger partial charge in [0, 0.05) is 12.0 Å². The molecule has 1 amide bonds. The first-order valence-corrected chi connectivity index (χ1v) is 6.83. The zero-order chi connectivity index (χ0) is 13.9. The van der Waals surface area contributed by atoms with Gasteiger partial charge in [-0.05, 0) is 37.5 Å². The van der Waals surface area contributed by atoms with E-state index in [2.05, 4.69) is 5.32 Å². The number of halogens is 2. The Balaban J connectivity index is 0.00000200. The number of hydrogen-bond acceptors (Lipinski definition) is 2. The largest absolute Gasteiger partial charge is 0.354 e. The van der Waals surface area contributed by atoms with Crippen molar-refractivity contribution in [3.05, 3.63) is 35.6 Å². The molecule has 0 radical (unpaired) electrons. The SMILES string of the molecule is C[C@@H](N)C(=O)NCC1(c2ccc(F)cc2)CCCC1.Cl. The first-order valence-electron chi connectivity index (χ1n) is 6.83. The Morgan fingerprint density at radius 2 is 1.90 bits per heavy atom. The van der Waals surface area contributed by atoms with E-state index >= 15 is 0 Å². The van der Waals surface area contributed by atoms with E-state index in [1.54, 1.807) is 6.92 Å². The van der Waals surface area contributed by atoms with Gasteiger partial charge in [0.1, 0.15) is 5.82 Å². The summed E-state index contributed by atoms with van der Waals surface area (Å²) >= 11 is 0. The van der Waals surface area contributed by atoms with Crippen molar-refractivity contribution in [2.24, 2.45) is 5.73 Å². The maximum Gasteiger partial charge on any atom is 0.236 e. The molecule has 0 spiro atoms. The van der Waals surface area contributed by atoms with Gasteiger partial charge in [0.05, 0.1) is 6.04 Å². The summed E-state index contributed by atoms with van der Waals surface area (Å²) in [6, 6.07) is 6.15. The van der Waals surface area contributed by atoms with Crippen LogP contribution >= 0.6 is 12.4 Å². The Morgan fingerprint density at radius 1 is 1.35 bits per heavy atom. The number of carbonyl (C=O) groups is 1. The van der Waals surface area contributed by atoms with Gasteiger partial charge in [-0.2, -0.15) is 0 Å². The van der Waals surface area contributed by atoms with Crippen molar-refractivity contribution in [3.8, 4) is 0 Å².